The van der Waals surface area contributed by atoms with E-state index in [4.69, 9.17) is 0 Å². The van der Waals surface area contributed by atoms with Crippen molar-refractivity contribution in [2.45, 2.75) is 23.8 Å². The zero-order chi connectivity index (χ0) is 18.9. The Labute approximate surface area is 151 Å². The number of aromatic nitrogens is 2. The quantitative estimate of drug-likeness (QED) is 0.872. The second-order valence-corrected chi connectivity index (χ2v) is 8.40. The molecule has 1 aromatic carbocycles. The van der Waals surface area contributed by atoms with Gasteiger partial charge in [-0.05, 0) is 37.1 Å². The molecule has 0 spiro atoms. The minimum Gasteiger partial charge on any atom is -0.367 e. The Kier molecular flexibility index (Phi) is 4.99. The first kappa shape index (κ1) is 18.4. The molecule has 1 fully saturated rings. The number of sulfone groups is 1. The zero-order valence-corrected chi connectivity index (χ0v) is 15.5. The molecule has 9 heteroatoms. The molecule has 0 saturated carbocycles. The van der Waals surface area contributed by atoms with Gasteiger partial charge in [0.05, 0.1) is 16.6 Å². The highest BCUT2D eigenvalue weighted by molar-refractivity contribution is 7.90. The van der Waals surface area contributed by atoms with Crippen molar-refractivity contribution >= 4 is 21.4 Å². The summed E-state index contributed by atoms with van der Waals surface area (Å²) in [6, 6.07) is 5.66. The molecule has 2 heterocycles. The number of piperidine rings is 1. The van der Waals surface area contributed by atoms with Gasteiger partial charge in [0.25, 0.3) is 5.91 Å². The van der Waals surface area contributed by atoms with Crippen LogP contribution >= 0.6 is 0 Å². The Morgan fingerprint density at radius 2 is 2.12 bits per heavy atom. The molecule has 1 aromatic heterocycles. The first-order chi connectivity index (χ1) is 12.3. The summed E-state index contributed by atoms with van der Waals surface area (Å²) in [6.45, 7) is 1.21. The van der Waals surface area contributed by atoms with Crippen molar-refractivity contribution in [1.29, 1.82) is 0 Å². The lowest BCUT2D eigenvalue weighted by Crippen LogP contribution is -2.37. The fraction of sp³-hybridized carbons (Fsp3) is 0.412. The number of nitrogens with one attached hydrogen (secondary N) is 1. The van der Waals surface area contributed by atoms with Crippen LogP contribution in [-0.4, -0.2) is 50.5 Å². The summed E-state index contributed by atoms with van der Waals surface area (Å²) in [5, 5.41) is 6.84. The van der Waals surface area contributed by atoms with Crippen molar-refractivity contribution in [3.05, 3.63) is 42.0 Å². The van der Waals surface area contributed by atoms with Gasteiger partial charge < -0.3 is 10.2 Å². The Balaban J connectivity index is 1.80. The molecule has 0 radical (unpaired) electrons. The first-order valence-corrected chi connectivity index (χ1v) is 10.2. The molecule has 1 saturated heterocycles. The third-order valence-corrected chi connectivity index (χ3v) is 5.64. The van der Waals surface area contributed by atoms with E-state index in [2.05, 4.69) is 10.4 Å². The molecule has 26 heavy (non-hydrogen) atoms. The van der Waals surface area contributed by atoms with Crippen LogP contribution in [0.3, 0.4) is 0 Å². The van der Waals surface area contributed by atoms with Crippen LogP contribution in [0, 0.1) is 5.82 Å². The molecule has 2 aromatic rings. The van der Waals surface area contributed by atoms with E-state index in [-0.39, 0.29) is 16.8 Å². The number of carbonyl (C=O) groups excluding carboxylic acids is 1. The lowest BCUT2D eigenvalue weighted by Gasteiger charge is -2.34. The predicted octanol–water partition coefficient (Wildman–Crippen LogP) is 1.63. The van der Waals surface area contributed by atoms with Crippen LogP contribution in [0.1, 0.15) is 29.4 Å². The summed E-state index contributed by atoms with van der Waals surface area (Å²) in [4.78, 5) is 13.5. The van der Waals surface area contributed by atoms with Gasteiger partial charge in [0.1, 0.15) is 11.5 Å². The van der Waals surface area contributed by atoms with E-state index >= 15 is 0 Å². The van der Waals surface area contributed by atoms with E-state index in [1.165, 1.54) is 12.1 Å². The number of hydrogen-bond donors (Lipinski definition) is 1. The van der Waals surface area contributed by atoms with Crippen molar-refractivity contribution in [3.8, 4) is 0 Å². The molecule has 3 rings (SSSR count). The smallest absolute Gasteiger partial charge is 0.271 e. The van der Waals surface area contributed by atoms with Gasteiger partial charge in [0, 0.05) is 32.6 Å². The molecule has 1 aliphatic heterocycles. The molecular formula is C17H21FN4O3S. The fourth-order valence-corrected chi connectivity index (χ4v) is 3.79. The Hall–Kier alpha value is -2.42. The van der Waals surface area contributed by atoms with Gasteiger partial charge in [0.15, 0.2) is 9.84 Å². The average Bonchev–Trinajstić information content (AvgIpc) is 3.10. The number of amides is 1. The lowest BCUT2D eigenvalue weighted by molar-refractivity contribution is 0.0957. The van der Waals surface area contributed by atoms with Gasteiger partial charge in [-0.3, -0.25) is 9.48 Å². The summed E-state index contributed by atoms with van der Waals surface area (Å²) >= 11 is 0. The minimum absolute atomic E-state index is 0.0103. The van der Waals surface area contributed by atoms with E-state index in [9.17, 15) is 17.6 Å². The molecule has 1 N–H and O–H groups in total. The van der Waals surface area contributed by atoms with Gasteiger partial charge >= 0.3 is 0 Å². The fourth-order valence-electron chi connectivity index (χ4n) is 3.15. The summed E-state index contributed by atoms with van der Waals surface area (Å²) in [7, 11) is -1.90. The van der Waals surface area contributed by atoms with E-state index < -0.39 is 15.7 Å². The van der Waals surface area contributed by atoms with Crippen LogP contribution in [0.25, 0.3) is 0 Å². The van der Waals surface area contributed by atoms with Gasteiger partial charge in [0.2, 0.25) is 0 Å². The number of rotatable bonds is 4. The van der Waals surface area contributed by atoms with E-state index in [0.717, 1.165) is 25.2 Å². The standard InChI is InChI=1S/C17H21FN4O3S/c1-19-17(23)15-7-9-22(20-15)12-4-3-8-21(11-12)16-6-5-13(10-14(16)18)26(2,24)25/h5-7,9-10,12H,3-4,8,11H2,1-2H3,(H,19,23). The normalized spacial score (nSPS) is 18.0. The molecule has 140 valence electrons. The second kappa shape index (κ2) is 7.06. The van der Waals surface area contributed by atoms with Crippen molar-refractivity contribution < 1.29 is 17.6 Å². The largest absolute Gasteiger partial charge is 0.367 e. The maximum atomic E-state index is 14.5. The lowest BCUT2D eigenvalue weighted by atomic mass is 10.0. The van der Waals surface area contributed by atoms with Crippen molar-refractivity contribution in [2.24, 2.45) is 0 Å². The van der Waals surface area contributed by atoms with Crippen molar-refractivity contribution in [2.75, 3.05) is 31.3 Å². The molecule has 0 bridgehead atoms. The van der Waals surface area contributed by atoms with Crippen LogP contribution in [0.5, 0.6) is 0 Å². The molecular weight excluding hydrogens is 359 g/mol. The number of nitrogens with zero attached hydrogens (tertiary/aromatic N) is 3. The Bertz CT molecular complexity index is 926. The zero-order valence-electron chi connectivity index (χ0n) is 14.6. The maximum Gasteiger partial charge on any atom is 0.271 e. The average molecular weight is 380 g/mol. The Morgan fingerprint density at radius 3 is 2.77 bits per heavy atom. The highest BCUT2D eigenvalue weighted by atomic mass is 32.2. The maximum absolute atomic E-state index is 14.5. The minimum atomic E-state index is -3.45. The molecule has 0 aliphatic carbocycles. The van der Waals surface area contributed by atoms with Crippen LogP contribution in [0.2, 0.25) is 0 Å². The van der Waals surface area contributed by atoms with E-state index in [0.29, 0.717) is 24.5 Å². The van der Waals surface area contributed by atoms with Crippen molar-refractivity contribution in [3.63, 3.8) is 0 Å². The van der Waals surface area contributed by atoms with Crippen LogP contribution in [0.4, 0.5) is 10.1 Å². The van der Waals surface area contributed by atoms with Gasteiger partial charge in [-0.15, -0.1) is 0 Å². The van der Waals surface area contributed by atoms with Crippen LogP contribution < -0.4 is 10.2 Å². The highest BCUT2D eigenvalue weighted by Crippen LogP contribution is 2.29. The SMILES string of the molecule is CNC(=O)c1ccn(C2CCCN(c3ccc(S(C)(=O)=O)cc3F)C2)n1. The number of halogens is 1. The monoisotopic (exact) mass is 380 g/mol. The number of carbonyl (C=O) groups is 1. The molecule has 1 aliphatic rings. The van der Waals surface area contributed by atoms with Crippen LogP contribution in [0.15, 0.2) is 35.4 Å². The summed E-state index contributed by atoms with van der Waals surface area (Å²) < 4.78 is 39.3. The van der Waals surface area contributed by atoms with E-state index in [1.54, 1.807) is 24.0 Å². The third-order valence-electron chi connectivity index (χ3n) is 4.53. The summed E-state index contributed by atoms with van der Waals surface area (Å²) in [5.74, 6) is -0.807. The van der Waals surface area contributed by atoms with E-state index in [1.807, 2.05) is 4.90 Å². The topological polar surface area (TPSA) is 84.3 Å². The highest BCUT2D eigenvalue weighted by Gasteiger charge is 2.25. The Morgan fingerprint density at radius 1 is 1.35 bits per heavy atom. The van der Waals surface area contributed by atoms with Crippen LogP contribution in [-0.2, 0) is 9.84 Å². The van der Waals surface area contributed by atoms with Crippen molar-refractivity contribution in [1.82, 2.24) is 15.1 Å². The second-order valence-electron chi connectivity index (χ2n) is 6.39. The summed E-state index contributed by atoms with van der Waals surface area (Å²) in [5.41, 5.74) is 0.717. The predicted molar refractivity (Wildman–Crippen MR) is 95.6 cm³/mol. The molecule has 7 nitrogen and oxygen atoms in total. The number of hydrogen-bond acceptors (Lipinski definition) is 5. The molecule has 1 amide bonds. The molecule has 1 atom stereocenters. The number of anilines is 1. The third kappa shape index (κ3) is 3.72. The first-order valence-electron chi connectivity index (χ1n) is 8.31. The number of benzene rings is 1. The molecule has 1 unspecified atom stereocenters. The van der Waals surface area contributed by atoms with Gasteiger partial charge in [-0.1, -0.05) is 0 Å². The summed E-state index contributed by atoms with van der Waals surface area (Å²) in [6.07, 6.45) is 4.52. The van der Waals surface area contributed by atoms with Gasteiger partial charge in [-0.25, -0.2) is 12.8 Å². The van der Waals surface area contributed by atoms with Gasteiger partial charge in [-0.2, -0.15) is 5.10 Å².